The van der Waals surface area contributed by atoms with Crippen molar-refractivity contribution in [1.29, 1.82) is 0 Å². The van der Waals surface area contributed by atoms with Crippen LogP contribution in [0.2, 0.25) is 0 Å². The molecule has 0 radical (unpaired) electrons. The van der Waals surface area contributed by atoms with Gasteiger partial charge >= 0.3 is 0 Å². The molecule has 0 saturated carbocycles. The van der Waals surface area contributed by atoms with E-state index in [0.717, 1.165) is 25.0 Å². The van der Waals surface area contributed by atoms with Gasteiger partial charge in [-0.05, 0) is 44.1 Å². The Morgan fingerprint density at radius 1 is 1.53 bits per heavy atom. The van der Waals surface area contributed by atoms with Crippen molar-refractivity contribution in [2.24, 2.45) is 0 Å². The van der Waals surface area contributed by atoms with Gasteiger partial charge in [-0.1, -0.05) is 0 Å². The van der Waals surface area contributed by atoms with Gasteiger partial charge in [-0.25, -0.2) is 0 Å². The van der Waals surface area contributed by atoms with Gasteiger partial charge in [0.05, 0.1) is 23.9 Å². The molecule has 1 aromatic heterocycles. The lowest BCUT2D eigenvalue weighted by Gasteiger charge is -2.43. The highest BCUT2D eigenvalue weighted by molar-refractivity contribution is 7.99. The zero-order valence-corrected chi connectivity index (χ0v) is 12.2. The topological polar surface area (TPSA) is 47.3 Å². The molecule has 1 N–H and O–H groups in total. The van der Waals surface area contributed by atoms with Crippen molar-refractivity contribution in [1.82, 2.24) is 9.78 Å². The fraction of sp³-hybridized carbons (Fsp3) is 0.786. The Kier molecular flexibility index (Phi) is 3.87. The highest BCUT2D eigenvalue weighted by Crippen LogP contribution is 2.41. The number of aliphatic hydroxyl groups excluding tert-OH is 1. The maximum absolute atomic E-state index is 9.60. The summed E-state index contributed by atoms with van der Waals surface area (Å²) in [5.74, 6) is 2.43. The summed E-state index contributed by atoms with van der Waals surface area (Å²) in [6.07, 6.45) is 7.76. The van der Waals surface area contributed by atoms with Crippen molar-refractivity contribution in [3.8, 4) is 0 Å². The maximum Gasteiger partial charge on any atom is 0.0792 e. The number of hydrogen-bond donors (Lipinski definition) is 1. The number of thioether (sulfide) groups is 1. The molecule has 2 fully saturated rings. The Bertz CT molecular complexity index is 421. The van der Waals surface area contributed by atoms with Crippen molar-refractivity contribution >= 4 is 11.8 Å². The molecule has 5 heteroatoms. The molecule has 0 aromatic carbocycles. The third-order valence-corrected chi connectivity index (χ3v) is 5.33. The molecule has 1 aromatic rings. The maximum atomic E-state index is 9.60. The minimum Gasteiger partial charge on any atom is -0.389 e. The van der Waals surface area contributed by atoms with Gasteiger partial charge in [-0.2, -0.15) is 16.9 Å². The molecule has 4 nitrogen and oxygen atoms in total. The average Bonchev–Trinajstić information content (AvgIpc) is 2.89. The molecule has 2 unspecified atom stereocenters. The number of aromatic nitrogens is 2. The van der Waals surface area contributed by atoms with Crippen LogP contribution in [0, 0.1) is 0 Å². The van der Waals surface area contributed by atoms with E-state index in [4.69, 9.17) is 4.74 Å². The number of aliphatic hydroxyl groups is 1. The van der Waals surface area contributed by atoms with Crippen LogP contribution >= 0.6 is 11.8 Å². The molecule has 3 rings (SSSR count). The zero-order chi connectivity index (χ0) is 13.3. The standard InChI is InChI=1S/C14H22N2O2S/c1-11(17)12-9-15-16(10-12)13-2-5-18-14(8-13)3-6-19-7-4-14/h9-11,13,17H,2-8H2,1H3. The van der Waals surface area contributed by atoms with Crippen LogP contribution in [-0.4, -0.2) is 38.6 Å². The molecular formula is C14H22N2O2S. The van der Waals surface area contributed by atoms with E-state index in [9.17, 15) is 5.11 Å². The highest BCUT2D eigenvalue weighted by Gasteiger charge is 2.39. The predicted octanol–water partition coefficient (Wildman–Crippen LogP) is 2.55. The van der Waals surface area contributed by atoms with E-state index >= 15 is 0 Å². The summed E-state index contributed by atoms with van der Waals surface area (Å²) in [5, 5.41) is 14.0. The minimum absolute atomic E-state index is 0.0884. The fourth-order valence-corrected chi connectivity index (χ4v) is 4.32. The van der Waals surface area contributed by atoms with Crippen LogP contribution in [0.15, 0.2) is 12.4 Å². The van der Waals surface area contributed by atoms with Crippen molar-refractivity contribution in [2.75, 3.05) is 18.1 Å². The lowest BCUT2D eigenvalue weighted by atomic mass is 9.85. The van der Waals surface area contributed by atoms with Crippen LogP contribution in [0.25, 0.3) is 0 Å². The quantitative estimate of drug-likeness (QED) is 0.905. The van der Waals surface area contributed by atoms with Crippen LogP contribution < -0.4 is 0 Å². The van der Waals surface area contributed by atoms with E-state index in [1.807, 2.05) is 22.6 Å². The molecule has 0 bridgehead atoms. The third-order valence-electron chi connectivity index (χ3n) is 4.35. The smallest absolute Gasteiger partial charge is 0.0792 e. The second kappa shape index (κ2) is 5.46. The Labute approximate surface area is 118 Å². The van der Waals surface area contributed by atoms with Gasteiger partial charge in [0.25, 0.3) is 0 Å². The molecule has 0 amide bonds. The molecule has 2 aliphatic heterocycles. The molecule has 1 spiro atoms. The van der Waals surface area contributed by atoms with Crippen molar-refractivity contribution < 1.29 is 9.84 Å². The van der Waals surface area contributed by atoms with Crippen LogP contribution in [0.1, 0.15) is 50.3 Å². The first-order chi connectivity index (χ1) is 9.19. The van der Waals surface area contributed by atoms with Crippen molar-refractivity contribution in [3.63, 3.8) is 0 Å². The van der Waals surface area contributed by atoms with Crippen LogP contribution in [0.5, 0.6) is 0 Å². The first-order valence-corrected chi connectivity index (χ1v) is 8.28. The van der Waals surface area contributed by atoms with Crippen LogP contribution in [0.3, 0.4) is 0 Å². The van der Waals surface area contributed by atoms with Gasteiger partial charge in [-0.3, -0.25) is 4.68 Å². The average molecular weight is 282 g/mol. The van der Waals surface area contributed by atoms with Gasteiger partial charge in [0.2, 0.25) is 0 Å². The second-order valence-electron chi connectivity index (χ2n) is 5.72. The summed E-state index contributed by atoms with van der Waals surface area (Å²) in [4.78, 5) is 0. The summed E-state index contributed by atoms with van der Waals surface area (Å²) >= 11 is 2.03. The number of rotatable bonds is 2. The number of nitrogens with zero attached hydrogens (tertiary/aromatic N) is 2. The van der Waals surface area contributed by atoms with Crippen molar-refractivity contribution in [2.45, 2.75) is 50.4 Å². The summed E-state index contributed by atoms with van der Waals surface area (Å²) in [7, 11) is 0. The Balaban J connectivity index is 1.73. The first-order valence-electron chi connectivity index (χ1n) is 7.12. The Morgan fingerprint density at radius 2 is 2.32 bits per heavy atom. The van der Waals surface area contributed by atoms with E-state index in [2.05, 4.69) is 5.10 Å². The van der Waals surface area contributed by atoms with Gasteiger partial charge in [-0.15, -0.1) is 0 Å². The Morgan fingerprint density at radius 3 is 3.00 bits per heavy atom. The molecule has 2 atom stereocenters. The fourth-order valence-electron chi connectivity index (χ4n) is 3.09. The van der Waals surface area contributed by atoms with Gasteiger partial charge in [0.1, 0.15) is 0 Å². The molecule has 2 aliphatic rings. The molecule has 0 aliphatic carbocycles. The van der Waals surface area contributed by atoms with E-state index in [1.165, 1.54) is 24.3 Å². The van der Waals surface area contributed by atoms with Gasteiger partial charge in [0, 0.05) is 18.4 Å². The van der Waals surface area contributed by atoms with Crippen LogP contribution in [0.4, 0.5) is 0 Å². The number of hydrogen-bond acceptors (Lipinski definition) is 4. The molecule has 19 heavy (non-hydrogen) atoms. The monoisotopic (exact) mass is 282 g/mol. The predicted molar refractivity (Wildman–Crippen MR) is 76.4 cm³/mol. The SMILES string of the molecule is CC(O)c1cnn(C2CCOC3(CCSCC3)C2)c1. The minimum atomic E-state index is -0.436. The highest BCUT2D eigenvalue weighted by atomic mass is 32.2. The molecule has 2 saturated heterocycles. The summed E-state index contributed by atoms with van der Waals surface area (Å²) in [6.45, 7) is 2.62. The lowest BCUT2D eigenvalue weighted by molar-refractivity contribution is -0.100. The van der Waals surface area contributed by atoms with E-state index in [-0.39, 0.29) is 5.60 Å². The Hall–Kier alpha value is -0.520. The lowest BCUT2D eigenvalue weighted by Crippen LogP contribution is -2.43. The summed E-state index contributed by atoms with van der Waals surface area (Å²) in [6, 6.07) is 0.421. The summed E-state index contributed by atoms with van der Waals surface area (Å²) < 4.78 is 8.14. The third kappa shape index (κ3) is 2.83. The number of ether oxygens (including phenoxy) is 1. The van der Waals surface area contributed by atoms with Gasteiger partial charge < -0.3 is 9.84 Å². The first kappa shape index (κ1) is 13.5. The van der Waals surface area contributed by atoms with Gasteiger partial charge in [0.15, 0.2) is 0 Å². The largest absolute Gasteiger partial charge is 0.389 e. The summed E-state index contributed by atoms with van der Waals surface area (Å²) in [5.41, 5.74) is 0.991. The molecule has 106 valence electrons. The normalized spacial score (nSPS) is 28.4. The molecule has 3 heterocycles. The van der Waals surface area contributed by atoms with Crippen LogP contribution in [-0.2, 0) is 4.74 Å². The van der Waals surface area contributed by atoms with E-state index in [1.54, 1.807) is 13.1 Å². The zero-order valence-electron chi connectivity index (χ0n) is 11.4. The van der Waals surface area contributed by atoms with E-state index in [0.29, 0.717) is 6.04 Å². The van der Waals surface area contributed by atoms with E-state index < -0.39 is 6.10 Å². The molecular weight excluding hydrogens is 260 g/mol. The van der Waals surface area contributed by atoms with Crippen molar-refractivity contribution in [3.05, 3.63) is 18.0 Å². The second-order valence-corrected chi connectivity index (χ2v) is 6.94.